The van der Waals surface area contributed by atoms with Crippen LogP contribution in [-0.2, 0) is 4.79 Å². The molecule has 0 aliphatic carbocycles. The van der Waals surface area contributed by atoms with Crippen LogP contribution in [0.25, 0.3) is 0 Å². The molecule has 0 aromatic heterocycles. The molecule has 1 saturated heterocycles. The molecule has 1 aliphatic rings. The predicted octanol–water partition coefficient (Wildman–Crippen LogP) is 1.64. The first-order valence-electron chi connectivity index (χ1n) is 7.64. The van der Waals surface area contributed by atoms with Crippen molar-refractivity contribution in [1.29, 1.82) is 0 Å². The van der Waals surface area contributed by atoms with Crippen LogP contribution in [0, 0.1) is 0 Å². The average molecular weight is 291 g/mol. The lowest BCUT2D eigenvalue weighted by atomic mass is 10.0. The summed E-state index contributed by atoms with van der Waals surface area (Å²) in [5.74, 6) is 0.933. The number of ether oxygens (including phenoxy) is 1. The van der Waals surface area contributed by atoms with Gasteiger partial charge in [-0.15, -0.1) is 0 Å². The van der Waals surface area contributed by atoms with E-state index in [1.54, 1.807) is 7.05 Å². The Morgan fingerprint density at radius 2 is 2.33 bits per heavy atom. The molecule has 1 fully saturated rings. The van der Waals surface area contributed by atoms with Gasteiger partial charge in [0.25, 0.3) is 0 Å². The van der Waals surface area contributed by atoms with Crippen LogP contribution >= 0.6 is 0 Å². The Kier molecular flexibility index (Phi) is 5.87. The number of likely N-dealkylation sites (N-methyl/N-ethyl adjacent to an activating group) is 1. The van der Waals surface area contributed by atoms with Gasteiger partial charge in [0.1, 0.15) is 5.75 Å². The maximum atomic E-state index is 11.9. The number of benzene rings is 1. The summed E-state index contributed by atoms with van der Waals surface area (Å²) in [6.45, 7) is 2.52. The Morgan fingerprint density at radius 3 is 3.10 bits per heavy atom. The summed E-state index contributed by atoms with van der Waals surface area (Å²) < 4.78 is 5.69. The van der Waals surface area contributed by atoms with Crippen molar-refractivity contribution < 1.29 is 9.53 Å². The van der Waals surface area contributed by atoms with E-state index >= 15 is 0 Å². The smallest absolute Gasteiger partial charge is 0.237 e. The maximum absolute atomic E-state index is 11.9. The molecule has 2 rings (SSSR count). The van der Waals surface area contributed by atoms with Crippen molar-refractivity contribution in [3.05, 3.63) is 24.3 Å². The largest absolute Gasteiger partial charge is 0.493 e. The molecule has 1 aliphatic heterocycles. The van der Waals surface area contributed by atoms with Gasteiger partial charge >= 0.3 is 0 Å². The molecule has 0 spiro atoms. The van der Waals surface area contributed by atoms with E-state index in [2.05, 4.69) is 10.2 Å². The molecule has 3 N–H and O–H groups in total. The fourth-order valence-corrected chi connectivity index (χ4v) is 2.78. The third-order valence-electron chi connectivity index (χ3n) is 3.88. The van der Waals surface area contributed by atoms with Crippen LogP contribution in [0.5, 0.6) is 5.75 Å². The molecule has 1 amide bonds. The molecule has 5 heteroatoms. The maximum Gasteiger partial charge on any atom is 0.237 e. The number of piperidine rings is 1. The third-order valence-corrected chi connectivity index (χ3v) is 3.88. The Balaban J connectivity index is 1.75. The van der Waals surface area contributed by atoms with Gasteiger partial charge in [0.05, 0.1) is 12.6 Å². The number of nitrogen functional groups attached to an aromatic ring is 1. The minimum atomic E-state index is 0.0242. The molecule has 21 heavy (non-hydrogen) atoms. The number of rotatable bonds is 6. The second kappa shape index (κ2) is 7.88. The second-order valence-electron chi connectivity index (χ2n) is 5.44. The number of hydrogen-bond acceptors (Lipinski definition) is 4. The monoisotopic (exact) mass is 291 g/mol. The van der Waals surface area contributed by atoms with Crippen molar-refractivity contribution in [2.24, 2.45) is 0 Å². The summed E-state index contributed by atoms with van der Waals surface area (Å²) in [6.07, 6.45) is 4.16. The average Bonchev–Trinajstić information content (AvgIpc) is 2.51. The molecule has 0 bridgehead atoms. The van der Waals surface area contributed by atoms with Gasteiger partial charge < -0.3 is 15.8 Å². The van der Waals surface area contributed by atoms with Crippen molar-refractivity contribution >= 4 is 11.6 Å². The van der Waals surface area contributed by atoms with E-state index in [4.69, 9.17) is 10.5 Å². The lowest BCUT2D eigenvalue weighted by Gasteiger charge is -2.34. The van der Waals surface area contributed by atoms with Gasteiger partial charge in [-0.05, 0) is 37.9 Å². The molecular weight excluding hydrogens is 266 g/mol. The van der Waals surface area contributed by atoms with Gasteiger partial charge in [-0.3, -0.25) is 9.69 Å². The van der Waals surface area contributed by atoms with Crippen LogP contribution in [0.15, 0.2) is 24.3 Å². The summed E-state index contributed by atoms with van der Waals surface area (Å²) >= 11 is 0. The first-order chi connectivity index (χ1) is 10.2. The molecule has 1 atom stereocenters. The van der Waals surface area contributed by atoms with Crippen LogP contribution in [0.2, 0.25) is 0 Å². The summed E-state index contributed by atoms with van der Waals surface area (Å²) in [7, 11) is 1.71. The SMILES string of the molecule is CNC(=O)C1CCCCN1CCCOc1cccc(N)c1. The molecule has 0 radical (unpaired) electrons. The number of amides is 1. The number of nitrogens with zero attached hydrogens (tertiary/aromatic N) is 1. The molecule has 1 aromatic carbocycles. The number of anilines is 1. The molecular formula is C16H25N3O2. The van der Waals surface area contributed by atoms with E-state index in [9.17, 15) is 4.79 Å². The van der Waals surface area contributed by atoms with Gasteiger partial charge in [-0.25, -0.2) is 0 Å². The van der Waals surface area contributed by atoms with Crippen LogP contribution in [-0.4, -0.2) is 43.6 Å². The van der Waals surface area contributed by atoms with Crippen molar-refractivity contribution in [3.63, 3.8) is 0 Å². The predicted molar refractivity (Wildman–Crippen MR) is 84.2 cm³/mol. The standard InChI is InChI=1S/C16H25N3O2/c1-18-16(20)15-8-2-3-9-19(15)10-5-11-21-14-7-4-6-13(17)12-14/h4,6-7,12,15H,2-3,5,8-11,17H2,1H3,(H,18,20). The Morgan fingerprint density at radius 1 is 1.48 bits per heavy atom. The van der Waals surface area contributed by atoms with E-state index in [1.807, 2.05) is 24.3 Å². The van der Waals surface area contributed by atoms with Crippen LogP contribution in [0.1, 0.15) is 25.7 Å². The minimum absolute atomic E-state index is 0.0242. The summed E-state index contributed by atoms with van der Waals surface area (Å²) in [6, 6.07) is 7.49. The van der Waals surface area contributed by atoms with Gasteiger partial charge in [0.15, 0.2) is 0 Å². The van der Waals surface area contributed by atoms with Gasteiger partial charge in [0.2, 0.25) is 5.91 Å². The highest BCUT2D eigenvalue weighted by Crippen LogP contribution is 2.18. The van der Waals surface area contributed by atoms with E-state index in [1.165, 1.54) is 6.42 Å². The topological polar surface area (TPSA) is 67.6 Å². The number of likely N-dealkylation sites (tertiary alicyclic amines) is 1. The lowest BCUT2D eigenvalue weighted by Crippen LogP contribution is -2.49. The zero-order valence-electron chi connectivity index (χ0n) is 12.7. The molecule has 1 aromatic rings. The second-order valence-corrected chi connectivity index (χ2v) is 5.44. The number of nitrogens with two attached hydrogens (primary N) is 1. The Hall–Kier alpha value is -1.75. The van der Waals surface area contributed by atoms with Crippen LogP contribution < -0.4 is 15.8 Å². The first kappa shape index (κ1) is 15.6. The fraction of sp³-hybridized carbons (Fsp3) is 0.562. The number of carbonyl (C=O) groups excluding carboxylic acids is 1. The number of hydrogen-bond donors (Lipinski definition) is 2. The number of nitrogens with one attached hydrogen (secondary N) is 1. The van der Waals surface area contributed by atoms with E-state index in [-0.39, 0.29) is 11.9 Å². The first-order valence-corrected chi connectivity index (χ1v) is 7.64. The fourth-order valence-electron chi connectivity index (χ4n) is 2.78. The van der Waals surface area contributed by atoms with Crippen molar-refractivity contribution in [3.8, 4) is 5.75 Å². The zero-order valence-corrected chi connectivity index (χ0v) is 12.7. The molecule has 5 nitrogen and oxygen atoms in total. The summed E-state index contributed by atoms with van der Waals surface area (Å²) in [5.41, 5.74) is 6.43. The molecule has 1 unspecified atom stereocenters. The third kappa shape index (κ3) is 4.63. The molecule has 116 valence electrons. The molecule has 0 saturated carbocycles. The summed E-state index contributed by atoms with van der Waals surface area (Å²) in [5, 5.41) is 2.76. The highest BCUT2D eigenvalue weighted by molar-refractivity contribution is 5.81. The number of carbonyl (C=O) groups is 1. The molecule has 1 heterocycles. The van der Waals surface area contributed by atoms with Gasteiger partial charge in [-0.1, -0.05) is 12.5 Å². The van der Waals surface area contributed by atoms with Crippen LogP contribution in [0.4, 0.5) is 5.69 Å². The van der Waals surface area contributed by atoms with E-state index < -0.39 is 0 Å². The van der Waals surface area contributed by atoms with Gasteiger partial charge in [-0.2, -0.15) is 0 Å². The Labute approximate surface area is 126 Å². The van der Waals surface area contributed by atoms with Crippen molar-refractivity contribution in [1.82, 2.24) is 10.2 Å². The lowest BCUT2D eigenvalue weighted by molar-refractivity contribution is -0.127. The van der Waals surface area contributed by atoms with E-state index in [0.29, 0.717) is 12.3 Å². The quantitative estimate of drug-likeness (QED) is 0.617. The van der Waals surface area contributed by atoms with Gasteiger partial charge in [0, 0.05) is 25.3 Å². The zero-order chi connectivity index (χ0) is 15.1. The normalized spacial score (nSPS) is 19.2. The Bertz CT molecular complexity index is 465. The van der Waals surface area contributed by atoms with Crippen molar-refractivity contribution in [2.75, 3.05) is 32.5 Å². The summed E-state index contributed by atoms with van der Waals surface area (Å²) in [4.78, 5) is 14.1. The van der Waals surface area contributed by atoms with Crippen molar-refractivity contribution in [2.45, 2.75) is 31.7 Å². The minimum Gasteiger partial charge on any atom is -0.493 e. The van der Waals surface area contributed by atoms with E-state index in [0.717, 1.165) is 38.1 Å². The highest BCUT2D eigenvalue weighted by Gasteiger charge is 2.27. The highest BCUT2D eigenvalue weighted by atomic mass is 16.5. The van der Waals surface area contributed by atoms with Crippen LogP contribution in [0.3, 0.4) is 0 Å².